The zero-order valence-electron chi connectivity index (χ0n) is 13.1. The van der Waals surface area contributed by atoms with Gasteiger partial charge < -0.3 is 15.2 Å². The molecule has 2 unspecified atom stereocenters. The number of hydrogen-bond donors (Lipinski definition) is 2. The number of rotatable bonds is 6. The zero-order valence-corrected chi connectivity index (χ0v) is 13.1. The summed E-state index contributed by atoms with van der Waals surface area (Å²) in [6, 6.07) is 16.9. The van der Waals surface area contributed by atoms with Crippen LogP contribution in [0.2, 0.25) is 0 Å². The third-order valence-corrected chi connectivity index (χ3v) is 4.30. The van der Waals surface area contributed by atoms with E-state index in [1.165, 1.54) is 0 Å². The maximum Gasteiger partial charge on any atom is 0.307 e. The second-order valence-electron chi connectivity index (χ2n) is 5.92. The van der Waals surface area contributed by atoms with Gasteiger partial charge in [-0.25, -0.2) is 0 Å². The number of ether oxygens (including phenoxy) is 1. The molecule has 2 aromatic carbocycles. The van der Waals surface area contributed by atoms with E-state index in [0.29, 0.717) is 30.9 Å². The topological polar surface area (TPSA) is 75.6 Å². The van der Waals surface area contributed by atoms with Crippen molar-refractivity contribution in [2.45, 2.75) is 19.4 Å². The number of aliphatic carboxylic acids is 1. The molecule has 0 bridgehead atoms. The fourth-order valence-electron chi connectivity index (χ4n) is 2.72. The number of hydrogen-bond acceptors (Lipinski definition) is 3. The molecule has 0 aromatic heterocycles. The molecule has 1 amide bonds. The summed E-state index contributed by atoms with van der Waals surface area (Å²) < 4.78 is 5.69. The highest BCUT2D eigenvalue weighted by molar-refractivity contribution is 5.96. The van der Waals surface area contributed by atoms with Gasteiger partial charge in [0, 0.05) is 5.69 Å². The van der Waals surface area contributed by atoms with E-state index in [1.807, 2.05) is 30.3 Å². The summed E-state index contributed by atoms with van der Waals surface area (Å²) in [6.45, 7) is 0.481. The van der Waals surface area contributed by atoms with Gasteiger partial charge in [0.1, 0.15) is 12.4 Å². The van der Waals surface area contributed by atoms with Crippen LogP contribution in [0.15, 0.2) is 54.6 Å². The van der Waals surface area contributed by atoms with Gasteiger partial charge in [0.2, 0.25) is 5.91 Å². The number of carbonyl (C=O) groups is 2. The Morgan fingerprint density at radius 1 is 1.00 bits per heavy atom. The van der Waals surface area contributed by atoms with Crippen LogP contribution in [-0.2, 0) is 16.2 Å². The molecule has 2 atom stereocenters. The van der Waals surface area contributed by atoms with E-state index in [-0.39, 0.29) is 5.91 Å². The van der Waals surface area contributed by atoms with Gasteiger partial charge in [-0.05, 0) is 42.7 Å². The van der Waals surface area contributed by atoms with Crippen molar-refractivity contribution in [2.75, 3.05) is 5.32 Å². The highest BCUT2D eigenvalue weighted by Crippen LogP contribution is 2.35. The molecule has 24 heavy (non-hydrogen) atoms. The number of amides is 1. The van der Waals surface area contributed by atoms with Gasteiger partial charge in [-0.15, -0.1) is 0 Å². The van der Waals surface area contributed by atoms with E-state index < -0.39 is 17.8 Å². The average Bonchev–Trinajstić information content (AvgIpc) is 2.53. The Morgan fingerprint density at radius 3 is 2.25 bits per heavy atom. The van der Waals surface area contributed by atoms with Crippen molar-refractivity contribution in [3.8, 4) is 5.75 Å². The Bertz CT molecular complexity index is 712. The number of carbonyl (C=O) groups excluding carboxylic acids is 1. The molecule has 5 heteroatoms. The lowest BCUT2D eigenvalue weighted by molar-refractivity contribution is -0.151. The molecular weight excluding hydrogens is 306 g/mol. The first kappa shape index (κ1) is 16.1. The van der Waals surface area contributed by atoms with Crippen LogP contribution in [0.3, 0.4) is 0 Å². The molecule has 0 aliphatic heterocycles. The molecule has 0 saturated heterocycles. The van der Waals surface area contributed by atoms with Crippen LogP contribution in [-0.4, -0.2) is 17.0 Å². The van der Waals surface area contributed by atoms with Crippen molar-refractivity contribution < 1.29 is 19.4 Å². The Hall–Kier alpha value is -2.82. The van der Waals surface area contributed by atoms with Crippen molar-refractivity contribution in [2.24, 2.45) is 11.8 Å². The number of anilines is 1. The first-order valence-electron chi connectivity index (χ1n) is 7.94. The van der Waals surface area contributed by atoms with Crippen LogP contribution in [0, 0.1) is 11.8 Å². The molecule has 2 aromatic rings. The molecule has 0 spiro atoms. The zero-order chi connectivity index (χ0) is 16.9. The lowest BCUT2D eigenvalue weighted by Crippen LogP contribution is -2.41. The monoisotopic (exact) mass is 325 g/mol. The third-order valence-electron chi connectivity index (χ3n) is 4.30. The van der Waals surface area contributed by atoms with Crippen LogP contribution < -0.4 is 10.1 Å². The number of benzene rings is 2. The Labute approximate surface area is 140 Å². The lowest BCUT2D eigenvalue weighted by Gasteiger charge is -2.31. The summed E-state index contributed by atoms with van der Waals surface area (Å²) in [5.41, 5.74) is 1.72. The summed E-state index contributed by atoms with van der Waals surface area (Å²) in [4.78, 5) is 23.1. The quantitative estimate of drug-likeness (QED) is 0.854. The van der Waals surface area contributed by atoms with Crippen LogP contribution in [0.5, 0.6) is 5.75 Å². The maximum atomic E-state index is 12.1. The molecule has 0 radical (unpaired) electrons. The third kappa shape index (κ3) is 3.74. The Kier molecular flexibility index (Phi) is 4.79. The molecule has 124 valence electrons. The molecule has 1 aliphatic carbocycles. The number of nitrogens with one attached hydrogen (secondary N) is 1. The molecular formula is C19H19NO4. The predicted octanol–water partition coefficient (Wildman–Crippen LogP) is 3.31. The highest BCUT2D eigenvalue weighted by atomic mass is 16.5. The van der Waals surface area contributed by atoms with Gasteiger partial charge >= 0.3 is 5.97 Å². The van der Waals surface area contributed by atoms with Crippen molar-refractivity contribution in [3.63, 3.8) is 0 Å². The minimum atomic E-state index is -0.897. The molecule has 3 rings (SSSR count). The number of carboxylic acid groups (broad SMARTS) is 1. The van der Waals surface area contributed by atoms with Crippen molar-refractivity contribution in [1.29, 1.82) is 0 Å². The Morgan fingerprint density at radius 2 is 1.67 bits per heavy atom. The van der Waals surface area contributed by atoms with Crippen LogP contribution in [0.1, 0.15) is 18.4 Å². The molecule has 1 aliphatic rings. The summed E-state index contributed by atoms with van der Waals surface area (Å²) in [5, 5.41) is 11.8. The van der Waals surface area contributed by atoms with Gasteiger partial charge in [0.15, 0.2) is 0 Å². The highest BCUT2D eigenvalue weighted by Gasteiger charge is 2.41. The fourth-order valence-corrected chi connectivity index (χ4v) is 2.72. The van der Waals surface area contributed by atoms with Gasteiger partial charge in [-0.2, -0.15) is 0 Å². The average molecular weight is 325 g/mol. The van der Waals surface area contributed by atoms with E-state index in [1.54, 1.807) is 24.3 Å². The van der Waals surface area contributed by atoms with E-state index in [0.717, 1.165) is 5.56 Å². The minimum Gasteiger partial charge on any atom is -0.489 e. The predicted molar refractivity (Wildman–Crippen MR) is 89.7 cm³/mol. The maximum absolute atomic E-state index is 12.1. The van der Waals surface area contributed by atoms with E-state index in [2.05, 4.69) is 5.32 Å². The lowest BCUT2D eigenvalue weighted by atomic mass is 9.73. The van der Waals surface area contributed by atoms with E-state index in [4.69, 9.17) is 9.84 Å². The number of carboxylic acids is 1. The molecule has 1 fully saturated rings. The van der Waals surface area contributed by atoms with Crippen LogP contribution in [0.25, 0.3) is 0 Å². The smallest absolute Gasteiger partial charge is 0.307 e. The van der Waals surface area contributed by atoms with Gasteiger partial charge in [0.05, 0.1) is 11.8 Å². The van der Waals surface area contributed by atoms with Gasteiger partial charge in [-0.3, -0.25) is 9.59 Å². The summed E-state index contributed by atoms with van der Waals surface area (Å²) in [5.74, 6) is -1.41. The van der Waals surface area contributed by atoms with Crippen LogP contribution in [0.4, 0.5) is 5.69 Å². The standard InChI is InChI=1S/C19H19NO4/c21-18(16-10-11-17(16)19(22)23)20-14-6-8-15(9-7-14)24-12-13-4-2-1-3-5-13/h1-9,16-17H,10-12H2,(H,20,21)(H,22,23). The van der Waals surface area contributed by atoms with Gasteiger partial charge in [-0.1, -0.05) is 30.3 Å². The second-order valence-corrected chi connectivity index (χ2v) is 5.92. The van der Waals surface area contributed by atoms with E-state index in [9.17, 15) is 9.59 Å². The SMILES string of the molecule is O=C(O)C1CCC1C(=O)Nc1ccc(OCc2ccccc2)cc1. The first-order chi connectivity index (χ1) is 11.6. The molecule has 2 N–H and O–H groups in total. The van der Waals surface area contributed by atoms with Crippen molar-refractivity contribution in [3.05, 3.63) is 60.2 Å². The summed E-state index contributed by atoms with van der Waals surface area (Å²) >= 11 is 0. The molecule has 1 saturated carbocycles. The van der Waals surface area contributed by atoms with E-state index >= 15 is 0 Å². The second kappa shape index (κ2) is 7.17. The largest absolute Gasteiger partial charge is 0.489 e. The minimum absolute atomic E-state index is 0.230. The van der Waals surface area contributed by atoms with Crippen molar-refractivity contribution >= 4 is 17.6 Å². The van der Waals surface area contributed by atoms with Gasteiger partial charge in [0.25, 0.3) is 0 Å². The summed E-state index contributed by atoms with van der Waals surface area (Å²) in [6.07, 6.45) is 1.20. The first-order valence-corrected chi connectivity index (χ1v) is 7.94. The van der Waals surface area contributed by atoms with Crippen LogP contribution >= 0.6 is 0 Å². The normalized spacial score (nSPS) is 19.2. The molecule has 5 nitrogen and oxygen atoms in total. The summed E-state index contributed by atoms with van der Waals surface area (Å²) in [7, 11) is 0. The fraction of sp³-hybridized carbons (Fsp3) is 0.263. The Balaban J connectivity index is 1.53. The van der Waals surface area contributed by atoms with Crippen molar-refractivity contribution in [1.82, 2.24) is 0 Å². The molecule has 0 heterocycles.